The predicted molar refractivity (Wildman–Crippen MR) is 123 cm³/mol. The lowest BCUT2D eigenvalue weighted by atomic mass is 9.94. The zero-order valence-corrected chi connectivity index (χ0v) is 18.1. The summed E-state index contributed by atoms with van der Waals surface area (Å²) in [6.07, 6.45) is 30.0. The van der Waals surface area contributed by atoms with Gasteiger partial charge in [0.05, 0.1) is 0 Å². The van der Waals surface area contributed by atoms with Crippen molar-refractivity contribution in [2.75, 3.05) is 6.54 Å². The molecule has 0 aromatic heterocycles. The Labute approximate surface area is 171 Å². The first-order valence-electron chi connectivity index (χ1n) is 10.9. The molecule has 0 unspecified atom stereocenters. The molecule has 1 nitrogen and oxygen atoms in total. The SMILES string of the molecule is C=CCC(CC=C)CCCCCCC/C=C\CCCCCCCCN.Cl. The lowest BCUT2D eigenvalue weighted by Crippen LogP contribution is -1.97. The predicted octanol–water partition coefficient (Wildman–Crippen LogP) is 8.15. The summed E-state index contributed by atoms with van der Waals surface area (Å²) in [5.41, 5.74) is 5.50. The van der Waals surface area contributed by atoms with Crippen LogP contribution >= 0.6 is 12.4 Å². The Balaban J connectivity index is 0. The second kappa shape index (κ2) is 24.5. The van der Waals surface area contributed by atoms with Gasteiger partial charge >= 0.3 is 0 Å². The second-order valence-corrected chi connectivity index (χ2v) is 7.43. The average molecular weight is 384 g/mol. The van der Waals surface area contributed by atoms with Crippen molar-refractivity contribution < 1.29 is 0 Å². The number of hydrogen-bond acceptors (Lipinski definition) is 1. The number of halogens is 1. The number of hydrogen-bond donors (Lipinski definition) is 1. The molecular weight excluding hydrogens is 338 g/mol. The van der Waals surface area contributed by atoms with Crippen molar-refractivity contribution in [1.82, 2.24) is 0 Å². The van der Waals surface area contributed by atoms with E-state index in [4.69, 9.17) is 5.73 Å². The summed E-state index contributed by atoms with van der Waals surface area (Å²) >= 11 is 0. The maximum Gasteiger partial charge on any atom is -0.00773 e. The van der Waals surface area contributed by atoms with E-state index in [2.05, 4.69) is 37.5 Å². The van der Waals surface area contributed by atoms with Crippen molar-refractivity contribution in [3.05, 3.63) is 37.5 Å². The van der Waals surface area contributed by atoms with Gasteiger partial charge in [0.2, 0.25) is 0 Å². The Morgan fingerprint density at radius 1 is 0.615 bits per heavy atom. The molecule has 0 bridgehead atoms. The van der Waals surface area contributed by atoms with E-state index >= 15 is 0 Å². The molecule has 0 amide bonds. The number of allylic oxidation sites excluding steroid dienone is 4. The Morgan fingerprint density at radius 2 is 1.04 bits per heavy atom. The van der Waals surface area contributed by atoms with Gasteiger partial charge in [-0.1, -0.05) is 75.7 Å². The van der Waals surface area contributed by atoms with E-state index < -0.39 is 0 Å². The maximum absolute atomic E-state index is 5.50. The van der Waals surface area contributed by atoms with Crippen LogP contribution in [0.25, 0.3) is 0 Å². The molecule has 0 aromatic carbocycles. The molecule has 154 valence electrons. The van der Waals surface area contributed by atoms with E-state index in [1.807, 2.05) is 0 Å². The fraction of sp³-hybridized carbons (Fsp3) is 0.750. The highest BCUT2D eigenvalue weighted by atomic mass is 35.5. The largest absolute Gasteiger partial charge is 0.330 e. The van der Waals surface area contributed by atoms with Crippen LogP contribution in [0.4, 0.5) is 0 Å². The molecule has 0 atom stereocenters. The van der Waals surface area contributed by atoms with Crippen LogP contribution in [-0.2, 0) is 0 Å². The third-order valence-electron chi connectivity index (χ3n) is 4.97. The first-order chi connectivity index (χ1) is 12.3. The molecule has 0 aromatic rings. The van der Waals surface area contributed by atoms with Crippen LogP contribution in [0.3, 0.4) is 0 Å². The fourth-order valence-corrected chi connectivity index (χ4v) is 3.38. The van der Waals surface area contributed by atoms with Crippen LogP contribution < -0.4 is 5.73 Å². The lowest BCUT2D eigenvalue weighted by Gasteiger charge is -2.12. The van der Waals surface area contributed by atoms with E-state index in [0.717, 1.165) is 25.3 Å². The first-order valence-corrected chi connectivity index (χ1v) is 10.9. The normalized spacial score (nSPS) is 11.0. The minimum atomic E-state index is 0. The van der Waals surface area contributed by atoms with E-state index in [1.54, 1.807) is 0 Å². The van der Waals surface area contributed by atoms with Gasteiger partial charge in [0, 0.05) is 0 Å². The van der Waals surface area contributed by atoms with Crippen molar-refractivity contribution >= 4 is 12.4 Å². The Hall–Kier alpha value is -0.530. The Kier molecular flexibility index (Phi) is 26.1. The monoisotopic (exact) mass is 383 g/mol. The van der Waals surface area contributed by atoms with Crippen molar-refractivity contribution in [3.63, 3.8) is 0 Å². The smallest absolute Gasteiger partial charge is 0.00773 e. The topological polar surface area (TPSA) is 26.0 Å². The van der Waals surface area contributed by atoms with E-state index in [-0.39, 0.29) is 12.4 Å². The molecule has 0 heterocycles. The van der Waals surface area contributed by atoms with Crippen LogP contribution in [0.2, 0.25) is 0 Å². The molecule has 0 aliphatic heterocycles. The Bertz CT molecular complexity index is 301. The van der Waals surface area contributed by atoms with Gasteiger partial charge in [-0.25, -0.2) is 0 Å². The van der Waals surface area contributed by atoms with Gasteiger partial charge in [0.25, 0.3) is 0 Å². The molecule has 0 saturated carbocycles. The molecule has 0 rings (SSSR count). The van der Waals surface area contributed by atoms with E-state index in [1.165, 1.54) is 89.9 Å². The van der Waals surface area contributed by atoms with Gasteiger partial charge in [-0.15, -0.1) is 25.6 Å². The number of unbranched alkanes of at least 4 members (excludes halogenated alkanes) is 11. The minimum absolute atomic E-state index is 0. The third kappa shape index (κ3) is 21.5. The molecule has 26 heavy (non-hydrogen) atoms. The van der Waals surface area contributed by atoms with Crippen LogP contribution in [0, 0.1) is 5.92 Å². The molecule has 0 aliphatic carbocycles. The van der Waals surface area contributed by atoms with Crippen molar-refractivity contribution in [3.8, 4) is 0 Å². The first kappa shape index (κ1) is 27.7. The van der Waals surface area contributed by atoms with Gasteiger partial charge in [0.1, 0.15) is 0 Å². The average Bonchev–Trinajstić information content (AvgIpc) is 2.61. The molecule has 0 saturated heterocycles. The van der Waals surface area contributed by atoms with Crippen molar-refractivity contribution in [2.45, 2.75) is 103 Å². The second-order valence-electron chi connectivity index (χ2n) is 7.43. The van der Waals surface area contributed by atoms with Gasteiger partial charge in [-0.05, 0) is 63.8 Å². The van der Waals surface area contributed by atoms with Gasteiger partial charge in [0.15, 0.2) is 0 Å². The minimum Gasteiger partial charge on any atom is -0.330 e. The summed E-state index contributed by atoms with van der Waals surface area (Å²) < 4.78 is 0. The highest BCUT2D eigenvalue weighted by Crippen LogP contribution is 2.19. The number of rotatable bonds is 20. The summed E-state index contributed by atoms with van der Waals surface area (Å²) in [7, 11) is 0. The van der Waals surface area contributed by atoms with Gasteiger partial charge in [-0.3, -0.25) is 0 Å². The molecule has 2 N–H and O–H groups in total. The van der Waals surface area contributed by atoms with E-state index in [9.17, 15) is 0 Å². The fourth-order valence-electron chi connectivity index (χ4n) is 3.38. The van der Waals surface area contributed by atoms with Crippen molar-refractivity contribution in [2.24, 2.45) is 11.7 Å². The summed E-state index contributed by atoms with van der Waals surface area (Å²) in [4.78, 5) is 0. The molecule has 0 aliphatic rings. The molecule has 0 fully saturated rings. The zero-order valence-electron chi connectivity index (χ0n) is 17.3. The summed E-state index contributed by atoms with van der Waals surface area (Å²) in [6, 6.07) is 0. The Morgan fingerprint density at radius 3 is 1.50 bits per heavy atom. The highest BCUT2D eigenvalue weighted by Gasteiger charge is 2.04. The van der Waals surface area contributed by atoms with Crippen LogP contribution in [0.5, 0.6) is 0 Å². The van der Waals surface area contributed by atoms with Gasteiger partial charge in [-0.2, -0.15) is 0 Å². The van der Waals surface area contributed by atoms with Crippen LogP contribution in [-0.4, -0.2) is 6.54 Å². The lowest BCUT2D eigenvalue weighted by molar-refractivity contribution is 0.459. The zero-order chi connectivity index (χ0) is 18.4. The molecular formula is C24H46ClN. The quantitative estimate of drug-likeness (QED) is 0.166. The van der Waals surface area contributed by atoms with Crippen LogP contribution in [0.1, 0.15) is 103 Å². The number of nitrogens with two attached hydrogens (primary N) is 1. The summed E-state index contributed by atoms with van der Waals surface area (Å²) in [5.74, 6) is 0.776. The third-order valence-corrected chi connectivity index (χ3v) is 4.97. The van der Waals surface area contributed by atoms with Gasteiger partial charge < -0.3 is 5.73 Å². The highest BCUT2D eigenvalue weighted by molar-refractivity contribution is 5.85. The molecule has 2 heteroatoms. The molecule has 0 radical (unpaired) electrons. The van der Waals surface area contributed by atoms with E-state index in [0.29, 0.717) is 0 Å². The standard InChI is InChI=1S/C24H45N.ClH/c1-3-20-24(21-4-2)22-18-16-14-12-10-8-6-5-7-9-11-13-15-17-19-23-25;/h3-6,24H,1-2,7-23,25H2;1H/b6-5-;. The summed E-state index contributed by atoms with van der Waals surface area (Å²) in [6.45, 7) is 8.58. The van der Waals surface area contributed by atoms with Crippen molar-refractivity contribution in [1.29, 1.82) is 0 Å². The maximum atomic E-state index is 5.50. The molecule has 0 spiro atoms. The van der Waals surface area contributed by atoms with Crippen LogP contribution in [0.15, 0.2) is 37.5 Å². The summed E-state index contributed by atoms with van der Waals surface area (Å²) in [5, 5.41) is 0.